The quantitative estimate of drug-likeness (QED) is 0.156. The third-order valence-corrected chi connectivity index (χ3v) is 12.6. The van der Waals surface area contributed by atoms with E-state index in [0.717, 1.165) is 23.5 Å². The van der Waals surface area contributed by atoms with E-state index in [-0.39, 0.29) is 10.8 Å². The Kier molecular flexibility index (Phi) is 9.28. The number of anilines is 5. The van der Waals surface area contributed by atoms with Crippen LogP contribution in [0.3, 0.4) is 0 Å². The number of benzene rings is 8. The molecule has 0 aromatic heterocycles. The van der Waals surface area contributed by atoms with Crippen molar-refractivity contribution in [2.24, 2.45) is 11.3 Å². The summed E-state index contributed by atoms with van der Waals surface area (Å²) in [5.41, 5.74) is 11.2. The molecule has 9 rings (SSSR count). The van der Waals surface area contributed by atoms with Gasteiger partial charge in [0.2, 0.25) is 0 Å². The van der Waals surface area contributed by atoms with E-state index < -0.39 is 0 Å². The van der Waals surface area contributed by atoms with Gasteiger partial charge in [-0.25, -0.2) is 0 Å². The Morgan fingerprint density at radius 3 is 1.40 bits per heavy atom. The van der Waals surface area contributed by atoms with E-state index in [9.17, 15) is 0 Å². The van der Waals surface area contributed by atoms with Crippen molar-refractivity contribution in [3.05, 3.63) is 186 Å². The van der Waals surface area contributed by atoms with Gasteiger partial charge in [0.1, 0.15) is 0 Å². The van der Waals surface area contributed by atoms with Crippen LogP contribution in [-0.4, -0.2) is 0 Å². The number of allylic oxidation sites excluding steroid dienone is 3. The predicted octanol–water partition coefficient (Wildman–Crippen LogP) is 16.3. The van der Waals surface area contributed by atoms with Gasteiger partial charge >= 0.3 is 0 Å². The second-order valence-corrected chi connectivity index (χ2v) is 18.4. The first-order valence-corrected chi connectivity index (χ1v) is 20.9. The molecule has 0 fully saturated rings. The number of hydrogen-bond acceptors (Lipinski definition) is 2. The van der Waals surface area contributed by atoms with Crippen LogP contribution in [0.25, 0.3) is 43.1 Å². The molecule has 8 aromatic rings. The van der Waals surface area contributed by atoms with Gasteiger partial charge in [-0.3, -0.25) is 0 Å². The van der Waals surface area contributed by atoms with Crippen molar-refractivity contribution >= 4 is 71.5 Å². The smallest absolute Gasteiger partial charge is 0.0468 e. The van der Waals surface area contributed by atoms with Gasteiger partial charge in [0.05, 0.1) is 0 Å². The molecule has 0 amide bonds. The molecule has 0 bridgehead atoms. The molecule has 0 spiro atoms. The summed E-state index contributed by atoms with van der Waals surface area (Å²) in [6.07, 6.45) is 8.23. The van der Waals surface area contributed by atoms with Crippen molar-refractivity contribution in [1.82, 2.24) is 0 Å². The van der Waals surface area contributed by atoms with Crippen molar-refractivity contribution in [3.8, 4) is 0 Å². The molecule has 288 valence electrons. The Labute approximate surface area is 344 Å². The Hall–Kier alpha value is -6.12. The normalized spacial score (nSPS) is 14.7. The highest BCUT2D eigenvalue weighted by molar-refractivity contribution is 6.08. The first-order chi connectivity index (χ1) is 27.8. The van der Waals surface area contributed by atoms with E-state index in [1.807, 2.05) is 0 Å². The fraction of sp³-hybridized carbons (Fsp3) is 0.214. The Morgan fingerprint density at radius 2 is 0.897 bits per heavy atom. The summed E-state index contributed by atoms with van der Waals surface area (Å²) in [5, 5.41) is 10.1. The Bertz CT molecular complexity index is 2910. The first-order valence-electron chi connectivity index (χ1n) is 20.9. The van der Waals surface area contributed by atoms with Crippen LogP contribution in [0.5, 0.6) is 0 Å². The number of hydrogen-bond donors (Lipinski definition) is 0. The van der Waals surface area contributed by atoms with Gasteiger partial charge in [-0.15, -0.1) is 0 Å². The molecule has 1 atom stereocenters. The van der Waals surface area contributed by atoms with Crippen molar-refractivity contribution < 1.29 is 0 Å². The minimum Gasteiger partial charge on any atom is -0.311 e. The minimum absolute atomic E-state index is 0.0757. The number of nitrogens with zero attached hydrogens (tertiary/aromatic N) is 2. The highest BCUT2D eigenvalue weighted by Crippen LogP contribution is 2.44. The summed E-state index contributed by atoms with van der Waals surface area (Å²) >= 11 is 0. The molecule has 0 N–H and O–H groups in total. The van der Waals surface area contributed by atoms with E-state index in [4.69, 9.17) is 0 Å². The van der Waals surface area contributed by atoms with Crippen molar-refractivity contribution in [2.75, 3.05) is 9.80 Å². The zero-order valence-electron chi connectivity index (χ0n) is 35.3. The third-order valence-electron chi connectivity index (χ3n) is 12.6. The summed E-state index contributed by atoms with van der Waals surface area (Å²) in [6, 6.07) is 54.3. The van der Waals surface area contributed by atoms with Crippen LogP contribution < -0.4 is 9.80 Å². The van der Waals surface area contributed by atoms with Gasteiger partial charge in [0.15, 0.2) is 0 Å². The summed E-state index contributed by atoms with van der Waals surface area (Å²) in [5.74, 6) is 0.502. The van der Waals surface area contributed by atoms with Crippen LogP contribution in [0, 0.1) is 25.2 Å². The molecule has 2 nitrogen and oxygen atoms in total. The zero-order chi connectivity index (χ0) is 40.3. The van der Waals surface area contributed by atoms with Crippen LogP contribution in [0.2, 0.25) is 0 Å². The number of aryl methyl sites for hydroxylation is 2. The number of fused-ring (bicyclic) bond motifs is 4. The molecule has 58 heavy (non-hydrogen) atoms. The summed E-state index contributed by atoms with van der Waals surface area (Å²) in [7, 11) is 0. The lowest BCUT2D eigenvalue weighted by Gasteiger charge is -2.33. The minimum atomic E-state index is 0.0757. The van der Waals surface area contributed by atoms with Crippen LogP contribution in [0.15, 0.2) is 170 Å². The van der Waals surface area contributed by atoms with Gasteiger partial charge in [0, 0.05) is 34.1 Å². The average Bonchev–Trinajstić information content (AvgIpc) is 3.22. The molecule has 1 unspecified atom stereocenters. The Morgan fingerprint density at radius 1 is 0.448 bits per heavy atom. The molecule has 0 aliphatic heterocycles. The first kappa shape index (κ1) is 37.5. The van der Waals surface area contributed by atoms with Crippen LogP contribution in [0.4, 0.5) is 28.4 Å². The molecular formula is C56H54N2. The highest BCUT2D eigenvalue weighted by atomic mass is 15.1. The van der Waals surface area contributed by atoms with E-state index in [0.29, 0.717) is 5.92 Å². The zero-order valence-corrected chi connectivity index (χ0v) is 35.3. The van der Waals surface area contributed by atoms with Crippen LogP contribution >= 0.6 is 0 Å². The molecular weight excluding hydrogens is 701 g/mol. The third kappa shape index (κ3) is 6.85. The maximum atomic E-state index is 2.46. The largest absolute Gasteiger partial charge is 0.311 e. The molecule has 0 saturated carbocycles. The fourth-order valence-electron chi connectivity index (χ4n) is 8.96. The SMILES string of the molecule is Cc1c2ccc(N(C3=CCC(C(C)(C)C)C=C3)c3ccc4ccccc4c3)cc2c(C)c2cc(N(c3ccc(C(C)(C)C)cc3)c3ccc4ccccc4c3)ccc12. The summed E-state index contributed by atoms with van der Waals surface area (Å²) < 4.78 is 0. The maximum Gasteiger partial charge on any atom is 0.0468 e. The molecule has 0 radical (unpaired) electrons. The summed E-state index contributed by atoms with van der Waals surface area (Å²) in [6.45, 7) is 18.5. The molecule has 0 heterocycles. The lowest BCUT2D eigenvalue weighted by atomic mass is 9.77. The monoisotopic (exact) mass is 754 g/mol. The van der Waals surface area contributed by atoms with Crippen molar-refractivity contribution in [3.63, 3.8) is 0 Å². The van der Waals surface area contributed by atoms with E-state index in [1.54, 1.807) is 0 Å². The lowest BCUT2D eigenvalue weighted by molar-refractivity contribution is 0.293. The number of rotatable bonds is 6. The summed E-state index contributed by atoms with van der Waals surface area (Å²) in [4.78, 5) is 4.88. The topological polar surface area (TPSA) is 6.48 Å². The maximum absolute atomic E-state index is 2.46. The lowest BCUT2D eigenvalue weighted by Crippen LogP contribution is -2.22. The van der Waals surface area contributed by atoms with E-state index in [1.165, 1.54) is 76.9 Å². The van der Waals surface area contributed by atoms with Crippen molar-refractivity contribution in [1.29, 1.82) is 0 Å². The second-order valence-electron chi connectivity index (χ2n) is 18.4. The van der Waals surface area contributed by atoms with Gasteiger partial charge in [-0.05, 0) is 164 Å². The predicted molar refractivity (Wildman–Crippen MR) is 253 cm³/mol. The van der Waals surface area contributed by atoms with Gasteiger partial charge < -0.3 is 9.80 Å². The molecule has 1 aliphatic carbocycles. The van der Waals surface area contributed by atoms with Gasteiger partial charge in [-0.1, -0.05) is 139 Å². The fourth-order valence-corrected chi connectivity index (χ4v) is 8.96. The highest BCUT2D eigenvalue weighted by Gasteiger charge is 2.26. The second kappa shape index (κ2) is 14.4. The Balaban J connectivity index is 1.20. The molecule has 8 aromatic carbocycles. The van der Waals surface area contributed by atoms with Gasteiger partial charge in [-0.2, -0.15) is 0 Å². The standard InChI is InChI=1S/C56H54N2/c1-37-51-31-29-49(57(45-25-19-43(20-26-45)55(3,4)5)47-23-17-39-13-9-11-15-41(39)33-47)35-53(51)38(2)54-36-50(30-32-52(37)54)58(46-27-21-44(22-28-46)56(6,7)8)48-24-18-40-14-10-12-16-42(40)34-48/h9-21,23-36,44H,22H2,1-8H3. The van der Waals surface area contributed by atoms with E-state index >= 15 is 0 Å². The molecule has 1 aliphatic rings. The van der Waals surface area contributed by atoms with Crippen LogP contribution in [-0.2, 0) is 5.41 Å². The molecule has 2 heteroatoms. The average molecular weight is 755 g/mol. The molecule has 0 saturated heterocycles. The van der Waals surface area contributed by atoms with Crippen LogP contribution in [0.1, 0.15) is 64.7 Å². The van der Waals surface area contributed by atoms with Gasteiger partial charge in [0.25, 0.3) is 0 Å². The van der Waals surface area contributed by atoms with Crippen molar-refractivity contribution in [2.45, 2.75) is 67.2 Å². The van der Waals surface area contributed by atoms with E-state index in [2.05, 4.69) is 229 Å².